The summed E-state index contributed by atoms with van der Waals surface area (Å²) < 4.78 is 2.21. The maximum atomic E-state index is 11.5. The molecule has 1 aromatic heterocycles. The molecule has 2 heterocycles. The van der Waals surface area contributed by atoms with Crippen LogP contribution in [-0.4, -0.2) is 17.0 Å². The van der Waals surface area contributed by atoms with E-state index < -0.39 is 0 Å². The van der Waals surface area contributed by atoms with Crippen LogP contribution in [0.2, 0.25) is 0 Å². The molecule has 3 heteroatoms. The number of carbonyl (C=O) groups is 1. The maximum absolute atomic E-state index is 11.5. The Kier molecular flexibility index (Phi) is 1.78. The Balaban J connectivity index is 2.28. The molecular formula is C12H12N2O. The lowest BCUT2D eigenvalue weighted by Gasteiger charge is -2.14. The van der Waals surface area contributed by atoms with Gasteiger partial charge in [0.05, 0.1) is 11.9 Å². The van der Waals surface area contributed by atoms with E-state index in [4.69, 9.17) is 0 Å². The first-order valence-electron chi connectivity index (χ1n) is 5.18. The standard InChI is InChI=1S/C12H12N2O/c15-11-8-10-3-1-2-9-4-6-14(12(9)10)7-5-13-11/h1-4,6H,5,7-8H2,(H,13,15). The molecule has 0 fully saturated rings. The lowest BCUT2D eigenvalue weighted by Crippen LogP contribution is -2.30. The van der Waals surface area contributed by atoms with Gasteiger partial charge in [-0.15, -0.1) is 0 Å². The third kappa shape index (κ3) is 1.31. The summed E-state index contributed by atoms with van der Waals surface area (Å²) in [6, 6.07) is 8.24. The van der Waals surface area contributed by atoms with E-state index >= 15 is 0 Å². The molecule has 3 nitrogen and oxygen atoms in total. The van der Waals surface area contributed by atoms with Crippen molar-refractivity contribution < 1.29 is 4.79 Å². The van der Waals surface area contributed by atoms with Gasteiger partial charge in [-0.1, -0.05) is 18.2 Å². The number of benzene rings is 1. The molecule has 3 rings (SSSR count). The highest BCUT2D eigenvalue weighted by Gasteiger charge is 2.12. The molecule has 0 saturated heterocycles. The number of nitrogens with one attached hydrogen (secondary N) is 1. The van der Waals surface area contributed by atoms with Crippen molar-refractivity contribution in [3.63, 3.8) is 0 Å². The van der Waals surface area contributed by atoms with Crippen LogP contribution in [0.1, 0.15) is 5.56 Å². The molecule has 1 aliphatic heterocycles. The Bertz CT molecular complexity index is 527. The summed E-state index contributed by atoms with van der Waals surface area (Å²) in [4.78, 5) is 11.5. The second-order valence-corrected chi connectivity index (χ2v) is 3.89. The minimum atomic E-state index is 0.120. The average molecular weight is 200 g/mol. The lowest BCUT2D eigenvalue weighted by atomic mass is 10.1. The molecule has 0 spiro atoms. The largest absolute Gasteiger partial charge is 0.354 e. The molecule has 1 aliphatic rings. The van der Waals surface area contributed by atoms with Crippen LogP contribution in [0.15, 0.2) is 30.5 Å². The Morgan fingerprint density at radius 2 is 2.20 bits per heavy atom. The van der Waals surface area contributed by atoms with Gasteiger partial charge in [-0.3, -0.25) is 4.79 Å². The number of amides is 1. The molecule has 0 unspecified atom stereocenters. The van der Waals surface area contributed by atoms with E-state index in [9.17, 15) is 4.79 Å². The van der Waals surface area contributed by atoms with E-state index in [2.05, 4.69) is 28.2 Å². The molecule has 0 aliphatic carbocycles. The molecular weight excluding hydrogens is 188 g/mol. The van der Waals surface area contributed by atoms with Crippen molar-refractivity contribution in [3.8, 4) is 0 Å². The van der Waals surface area contributed by atoms with Gasteiger partial charge in [0.15, 0.2) is 0 Å². The van der Waals surface area contributed by atoms with Gasteiger partial charge in [-0.2, -0.15) is 0 Å². The fourth-order valence-electron chi connectivity index (χ4n) is 2.22. The zero-order valence-corrected chi connectivity index (χ0v) is 8.36. The Morgan fingerprint density at radius 3 is 3.13 bits per heavy atom. The first kappa shape index (κ1) is 8.53. The molecule has 0 atom stereocenters. The topological polar surface area (TPSA) is 34.0 Å². The number of para-hydroxylation sites is 1. The van der Waals surface area contributed by atoms with Crippen molar-refractivity contribution in [2.45, 2.75) is 13.0 Å². The molecule has 0 saturated carbocycles. The van der Waals surface area contributed by atoms with Gasteiger partial charge in [0.2, 0.25) is 5.91 Å². The van der Waals surface area contributed by atoms with Crippen molar-refractivity contribution in [2.75, 3.05) is 6.54 Å². The number of hydrogen-bond acceptors (Lipinski definition) is 1. The first-order chi connectivity index (χ1) is 7.34. The van der Waals surface area contributed by atoms with Crippen LogP contribution in [0.4, 0.5) is 0 Å². The number of carbonyl (C=O) groups excluding carboxylic acids is 1. The highest BCUT2D eigenvalue weighted by atomic mass is 16.1. The summed E-state index contributed by atoms with van der Waals surface area (Å²) in [5, 5.41) is 4.12. The summed E-state index contributed by atoms with van der Waals surface area (Å²) in [5.74, 6) is 0.120. The smallest absolute Gasteiger partial charge is 0.224 e. The molecule has 1 aromatic carbocycles. The van der Waals surface area contributed by atoms with Crippen LogP contribution in [0.25, 0.3) is 10.9 Å². The highest BCUT2D eigenvalue weighted by Crippen LogP contribution is 2.21. The van der Waals surface area contributed by atoms with Gasteiger partial charge in [0, 0.05) is 19.3 Å². The second-order valence-electron chi connectivity index (χ2n) is 3.89. The maximum Gasteiger partial charge on any atom is 0.224 e. The Labute approximate surface area is 87.7 Å². The predicted octanol–water partition coefficient (Wildman–Crippen LogP) is 1.31. The van der Waals surface area contributed by atoms with Gasteiger partial charge in [0.1, 0.15) is 0 Å². The summed E-state index contributed by atoms with van der Waals surface area (Å²) in [6.07, 6.45) is 2.58. The molecule has 1 amide bonds. The van der Waals surface area contributed by atoms with Crippen molar-refractivity contribution in [1.82, 2.24) is 9.88 Å². The fourth-order valence-corrected chi connectivity index (χ4v) is 2.22. The van der Waals surface area contributed by atoms with Crippen LogP contribution >= 0.6 is 0 Å². The van der Waals surface area contributed by atoms with Gasteiger partial charge >= 0.3 is 0 Å². The first-order valence-corrected chi connectivity index (χ1v) is 5.18. The van der Waals surface area contributed by atoms with Gasteiger partial charge in [-0.25, -0.2) is 0 Å². The van der Waals surface area contributed by atoms with E-state index in [1.165, 1.54) is 10.9 Å². The summed E-state index contributed by atoms with van der Waals surface area (Å²) >= 11 is 0. The quantitative estimate of drug-likeness (QED) is 0.683. The Hall–Kier alpha value is -1.77. The minimum absolute atomic E-state index is 0.120. The average Bonchev–Trinajstić information content (AvgIpc) is 2.60. The van der Waals surface area contributed by atoms with Crippen molar-refractivity contribution in [3.05, 3.63) is 36.0 Å². The molecule has 0 bridgehead atoms. The number of aromatic nitrogens is 1. The van der Waals surface area contributed by atoms with Gasteiger partial charge in [-0.05, 0) is 17.0 Å². The molecule has 76 valence electrons. The number of hydrogen-bond donors (Lipinski definition) is 1. The van der Waals surface area contributed by atoms with E-state index in [1.54, 1.807) is 0 Å². The van der Waals surface area contributed by atoms with Crippen LogP contribution in [0.3, 0.4) is 0 Å². The highest BCUT2D eigenvalue weighted by molar-refractivity contribution is 5.89. The minimum Gasteiger partial charge on any atom is -0.354 e. The monoisotopic (exact) mass is 200 g/mol. The summed E-state index contributed by atoms with van der Waals surface area (Å²) in [5.41, 5.74) is 2.34. The van der Waals surface area contributed by atoms with E-state index in [0.29, 0.717) is 6.42 Å². The third-order valence-electron chi connectivity index (χ3n) is 2.90. The Morgan fingerprint density at radius 1 is 1.27 bits per heavy atom. The van der Waals surface area contributed by atoms with Crippen molar-refractivity contribution in [1.29, 1.82) is 0 Å². The molecule has 1 N–H and O–H groups in total. The normalized spacial score (nSPS) is 15.9. The van der Waals surface area contributed by atoms with E-state index in [0.717, 1.165) is 18.7 Å². The number of nitrogens with zero attached hydrogens (tertiary/aromatic N) is 1. The zero-order valence-electron chi connectivity index (χ0n) is 8.36. The lowest BCUT2D eigenvalue weighted by molar-refractivity contribution is -0.120. The summed E-state index contributed by atoms with van der Waals surface area (Å²) in [6.45, 7) is 1.57. The SMILES string of the molecule is O=C1Cc2cccc3ccn(c23)CCN1. The predicted molar refractivity (Wildman–Crippen MR) is 58.7 cm³/mol. The van der Waals surface area contributed by atoms with Crippen molar-refractivity contribution >= 4 is 16.8 Å². The summed E-state index contributed by atoms with van der Waals surface area (Å²) in [7, 11) is 0. The van der Waals surface area contributed by atoms with E-state index in [1.807, 2.05) is 12.1 Å². The van der Waals surface area contributed by atoms with E-state index in [-0.39, 0.29) is 5.91 Å². The van der Waals surface area contributed by atoms with Crippen LogP contribution in [-0.2, 0) is 17.8 Å². The zero-order chi connectivity index (χ0) is 10.3. The van der Waals surface area contributed by atoms with Gasteiger partial charge < -0.3 is 9.88 Å². The fraction of sp³-hybridized carbons (Fsp3) is 0.250. The van der Waals surface area contributed by atoms with Gasteiger partial charge in [0.25, 0.3) is 0 Å². The van der Waals surface area contributed by atoms with Crippen LogP contribution in [0, 0.1) is 0 Å². The van der Waals surface area contributed by atoms with Crippen molar-refractivity contribution in [2.24, 2.45) is 0 Å². The number of rotatable bonds is 0. The molecule has 15 heavy (non-hydrogen) atoms. The van der Waals surface area contributed by atoms with Crippen LogP contribution < -0.4 is 5.32 Å². The second kappa shape index (κ2) is 3.12. The third-order valence-corrected chi connectivity index (χ3v) is 2.90. The molecule has 0 radical (unpaired) electrons. The molecule has 2 aromatic rings. The van der Waals surface area contributed by atoms with Crippen LogP contribution in [0.5, 0.6) is 0 Å².